The summed E-state index contributed by atoms with van der Waals surface area (Å²) in [6.07, 6.45) is 6.49. The summed E-state index contributed by atoms with van der Waals surface area (Å²) in [5, 5.41) is 8.23. The number of aromatic amines is 1. The highest BCUT2D eigenvalue weighted by atomic mass is 35.5. The number of carbonyl (C=O) groups is 1. The summed E-state index contributed by atoms with van der Waals surface area (Å²) >= 11 is 7.26. The van der Waals surface area contributed by atoms with Gasteiger partial charge in [-0.05, 0) is 30.9 Å². The van der Waals surface area contributed by atoms with Crippen molar-refractivity contribution in [3.8, 4) is 22.1 Å². The van der Waals surface area contributed by atoms with E-state index in [9.17, 15) is 4.79 Å². The van der Waals surface area contributed by atoms with Crippen LogP contribution in [0.2, 0.25) is 5.02 Å². The summed E-state index contributed by atoms with van der Waals surface area (Å²) < 4.78 is 11.2. The van der Waals surface area contributed by atoms with E-state index in [0.717, 1.165) is 35.2 Å². The fraction of sp³-hybridized carbons (Fsp3) is 0.235. The molecule has 128 valence electrons. The van der Waals surface area contributed by atoms with Gasteiger partial charge in [-0.2, -0.15) is 5.10 Å². The monoisotopic (exact) mass is 375 g/mol. The highest BCUT2D eigenvalue weighted by molar-refractivity contribution is 7.16. The first-order valence-corrected chi connectivity index (χ1v) is 9.00. The van der Waals surface area contributed by atoms with E-state index < -0.39 is 0 Å². The number of esters is 1. The number of rotatable bonds is 4. The van der Waals surface area contributed by atoms with E-state index in [-0.39, 0.29) is 5.97 Å². The van der Waals surface area contributed by atoms with E-state index >= 15 is 0 Å². The summed E-state index contributed by atoms with van der Waals surface area (Å²) in [6, 6.07) is 1.68. The van der Waals surface area contributed by atoms with Crippen LogP contribution in [-0.2, 0) is 17.6 Å². The van der Waals surface area contributed by atoms with Crippen LogP contribution in [0.15, 0.2) is 24.7 Å². The number of H-pyrrole nitrogens is 1. The maximum Gasteiger partial charge on any atom is 0.348 e. The average Bonchev–Trinajstić information content (AvgIpc) is 3.19. The summed E-state index contributed by atoms with van der Waals surface area (Å²) in [5.74, 6) is 0.185. The number of nitrogens with one attached hydrogen (secondary N) is 1. The molecular formula is C17H14ClN3O3S. The van der Waals surface area contributed by atoms with Crippen LogP contribution in [0.5, 0.6) is 10.8 Å². The lowest BCUT2D eigenvalue weighted by Crippen LogP contribution is -2.08. The molecule has 3 aromatic heterocycles. The zero-order valence-electron chi connectivity index (χ0n) is 13.3. The lowest BCUT2D eigenvalue weighted by molar-refractivity contribution is 0.0531. The Balaban J connectivity index is 1.82. The number of hydrogen-bond acceptors (Lipinski definition) is 6. The molecule has 0 unspecified atom stereocenters. The highest BCUT2D eigenvalue weighted by Crippen LogP contribution is 2.48. The predicted molar refractivity (Wildman–Crippen MR) is 94.6 cm³/mol. The third-order valence-electron chi connectivity index (χ3n) is 3.94. The van der Waals surface area contributed by atoms with Gasteiger partial charge in [-0.15, -0.1) is 0 Å². The maximum absolute atomic E-state index is 12.4. The summed E-state index contributed by atoms with van der Waals surface area (Å²) in [5.41, 5.74) is 3.80. The molecule has 6 nitrogen and oxygen atoms in total. The van der Waals surface area contributed by atoms with Crippen molar-refractivity contribution in [3.05, 3.63) is 45.7 Å². The zero-order valence-corrected chi connectivity index (χ0v) is 14.9. The molecule has 8 heteroatoms. The molecule has 4 rings (SSSR count). The lowest BCUT2D eigenvalue weighted by atomic mass is 9.92. The van der Waals surface area contributed by atoms with Crippen molar-refractivity contribution in [3.63, 3.8) is 0 Å². The minimum Gasteiger partial charge on any atom is -0.462 e. The van der Waals surface area contributed by atoms with Gasteiger partial charge in [0.1, 0.15) is 10.6 Å². The van der Waals surface area contributed by atoms with Crippen molar-refractivity contribution in [2.24, 2.45) is 0 Å². The number of halogens is 1. The standard InChI is InChI=1S/C17H14ClN3O3S/c1-2-23-16(22)15-12-4-3-9-6-20-21-14(9)13(12)17(25-15)24-11-5-10(18)7-19-8-11/h5-8H,2-4H2,1H3,(H,20,21). The Kier molecular flexibility index (Phi) is 4.19. The minimum absolute atomic E-state index is 0.328. The van der Waals surface area contributed by atoms with Crippen LogP contribution in [0.25, 0.3) is 11.3 Å². The Morgan fingerprint density at radius 1 is 1.36 bits per heavy atom. The lowest BCUT2D eigenvalue weighted by Gasteiger charge is -2.14. The largest absolute Gasteiger partial charge is 0.462 e. The SMILES string of the molecule is CCOC(=O)c1sc(Oc2cncc(Cl)c2)c2c1CCc1cn[nH]c1-2. The molecule has 1 aliphatic rings. The van der Waals surface area contributed by atoms with E-state index in [4.69, 9.17) is 21.1 Å². The van der Waals surface area contributed by atoms with E-state index in [0.29, 0.717) is 27.3 Å². The van der Waals surface area contributed by atoms with Gasteiger partial charge in [0.2, 0.25) is 0 Å². The molecule has 0 aliphatic heterocycles. The molecule has 3 heterocycles. The average molecular weight is 376 g/mol. The number of aryl methyl sites for hydroxylation is 1. The smallest absolute Gasteiger partial charge is 0.348 e. The fourth-order valence-electron chi connectivity index (χ4n) is 2.90. The van der Waals surface area contributed by atoms with Crippen LogP contribution in [-0.4, -0.2) is 27.8 Å². The highest BCUT2D eigenvalue weighted by Gasteiger charge is 2.31. The Hall–Kier alpha value is -2.38. The molecule has 0 spiro atoms. The molecule has 25 heavy (non-hydrogen) atoms. The van der Waals surface area contributed by atoms with Gasteiger partial charge in [0, 0.05) is 12.3 Å². The van der Waals surface area contributed by atoms with E-state index in [2.05, 4.69) is 15.2 Å². The van der Waals surface area contributed by atoms with Crippen LogP contribution in [0, 0.1) is 0 Å². The van der Waals surface area contributed by atoms with Crippen molar-refractivity contribution >= 4 is 28.9 Å². The van der Waals surface area contributed by atoms with Crippen LogP contribution in [0.4, 0.5) is 0 Å². The van der Waals surface area contributed by atoms with E-state index in [1.807, 2.05) is 6.20 Å². The molecule has 1 N–H and O–H groups in total. The number of thiophene rings is 1. The van der Waals surface area contributed by atoms with Crippen molar-refractivity contribution in [1.29, 1.82) is 0 Å². The third kappa shape index (κ3) is 2.89. The van der Waals surface area contributed by atoms with Crippen LogP contribution in [0.3, 0.4) is 0 Å². The van der Waals surface area contributed by atoms with Gasteiger partial charge in [-0.25, -0.2) is 4.79 Å². The molecule has 0 amide bonds. The molecule has 0 fully saturated rings. The number of aromatic nitrogens is 3. The van der Waals surface area contributed by atoms with Crippen LogP contribution < -0.4 is 4.74 Å². The van der Waals surface area contributed by atoms with Gasteiger partial charge in [0.05, 0.1) is 35.3 Å². The molecule has 0 aromatic carbocycles. The molecule has 0 radical (unpaired) electrons. The number of pyridine rings is 1. The second-order valence-corrected chi connectivity index (χ2v) is 6.92. The van der Waals surface area contributed by atoms with Crippen LogP contribution >= 0.6 is 22.9 Å². The maximum atomic E-state index is 12.4. The van der Waals surface area contributed by atoms with Crippen molar-refractivity contribution in [1.82, 2.24) is 15.2 Å². The number of hydrogen-bond donors (Lipinski definition) is 1. The van der Waals surface area contributed by atoms with E-state index in [1.54, 1.807) is 19.2 Å². The van der Waals surface area contributed by atoms with Gasteiger partial charge in [0.25, 0.3) is 0 Å². The van der Waals surface area contributed by atoms with Crippen LogP contribution in [0.1, 0.15) is 27.7 Å². The molecule has 1 aliphatic carbocycles. The molecule has 0 saturated heterocycles. The van der Waals surface area contributed by atoms with Crippen molar-refractivity contribution < 1.29 is 14.3 Å². The van der Waals surface area contributed by atoms with Gasteiger partial charge >= 0.3 is 5.97 Å². The Morgan fingerprint density at radius 2 is 2.24 bits per heavy atom. The number of carbonyl (C=O) groups excluding carboxylic acids is 1. The predicted octanol–water partition coefficient (Wildman–Crippen LogP) is 4.25. The molecule has 3 aromatic rings. The van der Waals surface area contributed by atoms with Gasteiger partial charge in [0.15, 0.2) is 5.06 Å². The Morgan fingerprint density at radius 3 is 3.04 bits per heavy atom. The van der Waals surface area contributed by atoms with Crippen molar-refractivity contribution in [2.45, 2.75) is 19.8 Å². The summed E-state index contributed by atoms with van der Waals surface area (Å²) in [4.78, 5) is 17.0. The molecule has 0 saturated carbocycles. The molecular weight excluding hydrogens is 362 g/mol. The number of nitrogens with zero attached hydrogens (tertiary/aromatic N) is 2. The minimum atomic E-state index is -0.328. The van der Waals surface area contributed by atoms with Crippen molar-refractivity contribution in [2.75, 3.05) is 6.61 Å². The Bertz CT molecular complexity index is 951. The Labute approximate surface area is 152 Å². The zero-order chi connectivity index (χ0) is 17.4. The normalized spacial score (nSPS) is 12.4. The first-order valence-electron chi connectivity index (χ1n) is 7.81. The summed E-state index contributed by atoms with van der Waals surface area (Å²) in [6.45, 7) is 2.12. The second-order valence-electron chi connectivity index (χ2n) is 5.50. The van der Waals surface area contributed by atoms with E-state index in [1.165, 1.54) is 17.5 Å². The quantitative estimate of drug-likeness (QED) is 0.689. The second kappa shape index (κ2) is 6.50. The first-order chi connectivity index (χ1) is 12.2. The van der Waals surface area contributed by atoms with Gasteiger partial charge in [-0.3, -0.25) is 10.1 Å². The third-order valence-corrected chi connectivity index (χ3v) is 5.23. The number of fused-ring (bicyclic) bond motifs is 3. The van der Waals surface area contributed by atoms with Gasteiger partial charge in [-0.1, -0.05) is 22.9 Å². The molecule has 0 bridgehead atoms. The van der Waals surface area contributed by atoms with Gasteiger partial charge < -0.3 is 9.47 Å². The fourth-order valence-corrected chi connectivity index (χ4v) is 4.18. The summed E-state index contributed by atoms with van der Waals surface area (Å²) in [7, 11) is 0. The topological polar surface area (TPSA) is 77.1 Å². The molecule has 0 atom stereocenters. The first kappa shape index (κ1) is 16.1. The number of ether oxygens (including phenoxy) is 2.